The number of carbonyl (C=O) groups excluding carboxylic acids is 1. The lowest BCUT2D eigenvalue weighted by atomic mass is 10.2. The number of hydrogen-bond acceptors (Lipinski definition) is 4. The molecule has 0 radical (unpaired) electrons. The molecule has 1 rings (SSSR count). The third-order valence-corrected chi connectivity index (χ3v) is 3.13. The SMILES string of the molecule is CCCNC(CCN(C)c1cccc(F)c1)C(=O)OC. The van der Waals surface area contributed by atoms with Gasteiger partial charge in [0.2, 0.25) is 0 Å². The summed E-state index contributed by atoms with van der Waals surface area (Å²) < 4.78 is 17.9. The Morgan fingerprint density at radius 2 is 2.25 bits per heavy atom. The van der Waals surface area contributed by atoms with Crippen LogP contribution in [0.1, 0.15) is 19.8 Å². The van der Waals surface area contributed by atoms with Crippen molar-refractivity contribution in [1.29, 1.82) is 0 Å². The van der Waals surface area contributed by atoms with Crippen molar-refractivity contribution in [2.45, 2.75) is 25.8 Å². The Kier molecular flexibility index (Phi) is 7.01. The van der Waals surface area contributed by atoms with Crippen LogP contribution in [-0.4, -0.2) is 39.3 Å². The van der Waals surface area contributed by atoms with Gasteiger partial charge in [-0.25, -0.2) is 4.39 Å². The molecule has 4 nitrogen and oxygen atoms in total. The second kappa shape index (κ2) is 8.53. The number of carbonyl (C=O) groups is 1. The molecule has 0 bridgehead atoms. The number of rotatable bonds is 8. The molecule has 1 aromatic rings. The van der Waals surface area contributed by atoms with Crippen LogP contribution in [0, 0.1) is 5.82 Å². The maximum Gasteiger partial charge on any atom is 0.322 e. The van der Waals surface area contributed by atoms with E-state index in [1.54, 1.807) is 6.07 Å². The molecular weight excluding hydrogens is 259 g/mol. The molecule has 0 fully saturated rings. The molecule has 1 N–H and O–H groups in total. The lowest BCUT2D eigenvalue weighted by Crippen LogP contribution is -2.40. The first-order valence-electron chi connectivity index (χ1n) is 6.86. The summed E-state index contributed by atoms with van der Waals surface area (Å²) in [7, 11) is 3.27. The van der Waals surface area contributed by atoms with Crippen molar-refractivity contribution >= 4 is 11.7 Å². The minimum atomic E-state index is -0.323. The molecule has 0 heterocycles. The molecule has 1 atom stereocenters. The van der Waals surface area contributed by atoms with Gasteiger partial charge in [-0.05, 0) is 37.6 Å². The highest BCUT2D eigenvalue weighted by Crippen LogP contribution is 2.14. The van der Waals surface area contributed by atoms with Crippen molar-refractivity contribution in [3.8, 4) is 0 Å². The number of hydrogen-bond donors (Lipinski definition) is 1. The first-order chi connectivity index (χ1) is 9.58. The number of halogens is 1. The van der Waals surface area contributed by atoms with Gasteiger partial charge >= 0.3 is 5.97 Å². The molecule has 0 saturated heterocycles. The molecule has 0 aliphatic heterocycles. The van der Waals surface area contributed by atoms with Crippen LogP contribution in [0.2, 0.25) is 0 Å². The van der Waals surface area contributed by atoms with Crippen LogP contribution in [0.15, 0.2) is 24.3 Å². The highest BCUT2D eigenvalue weighted by molar-refractivity contribution is 5.75. The van der Waals surface area contributed by atoms with Crippen molar-refractivity contribution < 1.29 is 13.9 Å². The largest absolute Gasteiger partial charge is 0.468 e. The van der Waals surface area contributed by atoms with E-state index in [9.17, 15) is 9.18 Å². The standard InChI is InChI=1S/C15H23FN2O2/c1-4-9-17-14(15(19)20-3)8-10-18(2)13-7-5-6-12(16)11-13/h5-7,11,14,17H,4,8-10H2,1-3H3. The predicted molar refractivity (Wildman–Crippen MR) is 78.4 cm³/mol. The molecule has 0 aliphatic carbocycles. The second-order valence-electron chi connectivity index (χ2n) is 4.72. The van der Waals surface area contributed by atoms with Gasteiger partial charge in [-0.15, -0.1) is 0 Å². The zero-order chi connectivity index (χ0) is 15.0. The van der Waals surface area contributed by atoms with Gasteiger partial charge in [0.25, 0.3) is 0 Å². The van der Waals surface area contributed by atoms with Gasteiger partial charge in [-0.1, -0.05) is 13.0 Å². The fraction of sp³-hybridized carbons (Fsp3) is 0.533. The van der Waals surface area contributed by atoms with E-state index < -0.39 is 0 Å². The maximum atomic E-state index is 13.2. The van der Waals surface area contributed by atoms with E-state index >= 15 is 0 Å². The van der Waals surface area contributed by atoms with E-state index in [1.807, 2.05) is 24.9 Å². The summed E-state index contributed by atoms with van der Waals surface area (Å²) in [4.78, 5) is 13.6. The van der Waals surface area contributed by atoms with Crippen LogP contribution >= 0.6 is 0 Å². The van der Waals surface area contributed by atoms with Crippen LogP contribution in [0.4, 0.5) is 10.1 Å². The van der Waals surface area contributed by atoms with E-state index in [0.717, 1.165) is 18.7 Å². The van der Waals surface area contributed by atoms with Crippen LogP contribution in [0.25, 0.3) is 0 Å². The van der Waals surface area contributed by atoms with Gasteiger partial charge in [0, 0.05) is 19.3 Å². The van der Waals surface area contributed by atoms with Crippen molar-refractivity contribution in [3.63, 3.8) is 0 Å². The molecule has 0 aromatic heterocycles. The number of nitrogens with zero attached hydrogens (tertiary/aromatic N) is 1. The molecule has 112 valence electrons. The molecule has 20 heavy (non-hydrogen) atoms. The monoisotopic (exact) mass is 282 g/mol. The van der Waals surface area contributed by atoms with E-state index in [4.69, 9.17) is 4.74 Å². The number of nitrogens with one attached hydrogen (secondary N) is 1. The average molecular weight is 282 g/mol. The molecule has 0 saturated carbocycles. The molecule has 1 unspecified atom stereocenters. The van der Waals surface area contributed by atoms with Crippen LogP contribution in [-0.2, 0) is 9.53 Å². The van der Waals surface area contributed by atoms with Gasteiger partial charge in [0.15, 0.2) is 0 Å². The van der Waals surface area contributed by atoms with Gasteiger partial charge < -0.3 is 15.0 Å². The van der Waals surface area contributed by atoms with Crippen molar-refractivity contribution in [2.75, 3.05) is 32.1 Å². The third kappa shape index (κ3) is 5.17. The number of ether oxygens (including phenoxy) is 1. The number of benzene rings is 1. The van der Waals surface area contributed by atoms with E-state index in [0.29, 0.717) is 13.0 Å². The second-order valence-corrected chi connectivity index (χ2v) is 4.72. The van der Waals surface area contributed by atoms with Crippen molar-refractivity contribution in [2.24, 2.45) is 0 Å². The van der Waals surface area contributed by atoms with Crippen molar-refractivity contribution in [3.05, 3.63) is 30.1 Å². The smallest absolute Gasteiger partial charge is 0.322 e. The molecule has 0 spiro atoms. The lowest BCUT2D eigenvalue weighted by Gasteiger charge is -2.22. The Hall–Kier alpha value is -1.62. The van der Waals surface area contributed by atoms with Gasteiger partial charge in [-0.2, -0.15) is 0 Å². The zero-order valence-electron chi connectivity index (χ0n) is 12.4. The normalized spacial score (nSPS) is 12.0. The highest BCUT2D eigenvalue weighted by Gasteiger charge is 2.18. The van der Waals surface area contributed by atoms with Crippen LogP contribution < -0.4 is 10.2 Å². The van der Waals surface area contributed by atoms with Gasteiger partial charge in [0.05, 0.1) is 7.11 Å². The fourth-order valence-corrected chi connectivity index (χ4v) is 1.93. The minimum absolute atomic E-state index is 0.258. The molecule has 0 amide bonds. The van der Waals surface area contributed by atoms with Gasteiger partial charge in [0.1, 0.15) is 11.9 Å². The first kappa shape index (κ1) is 16.4. The minimum Gasteiger partial charge on any atom is -0.468 e. The highest BCUT2D eigenvalue weighted by atomic mass is 19.1. The fourth-order valence-electron chi connectivity index (χ4n) is 1.93. The zero-order valence-corrected chi connectivity index (χ0v) is 12.4. The quantitative estimate of drug-likeness (QED) is 0.742. The van der Waals surface area contributed by atoms with E-state index in [1.165, 1.54) is 19.2 Å². The molecule has 0 aliphatic rings. The summed E-state index contributed by atoms with van der Waals surface area (Å²) in [5.74, 6) is -0.519. The van der Waals surface area contributed by atoms with Crippen molar-refractivity contribution in [1.82, 2.24) is 5.32 Å². The molecule has 1 aromatic carbocycles. The summed E-state index contributed by atoms with van der Waals surface area (Å²) >= 11 is 0. The summed E-state index contributed by atoms with van der Waals surface area (Å²) in [5.41, 5.74) is 0.795. The third-order valence-electron chi connectivity index (χ3n) is 3.13. The summed E-state index contributed by atoms with van der Waals surface area (Å²) in [6.45, 7) is 3.45. The Labute approximate surface area is 119 Å². The first-order valence-corrected chi connectivity index (χ1v) is 6.86. The van der Waals surface area contributed by atoms with Crippen LogP contribution in [0.3, 0.4) is 0 Å². The number of esters is 1. The summed E-state index contributed by atoms with van der Waals surface area (Å²) in [5, 5.41) is 3.16. The summed E-state index contributed by atoms with van der Waals surface area (Å²) in [6, 6.07) is 6.09. The summed E-state index contributed by atoms with van der Waals surface area (Å²) in [6.07, 6.45) is 1.56. The van der Waals surface area contributed by atoms with Gasteiger partial charge in [-0.3, -0.25) is 4.79 Å². The number of methoxy groups -OCH3 is 1. The topological polar surface area (TPSA) is 41.6 Å². The molecule has 5 heteroatoms. The number of anilines is 1. The van der Waals surface area contributed by atoms with Crippen LogP contribution in [0.5, 0.6) is 0 Å². The maximum absolute atomic E-state index is 13.2. The Bertz CT molecular complexity index is 426. The Morgan fingerprint density at radius 3 is 2.85 bits per heavy atom. The van der Waals surface area contributed by atoms with E-state index in [-0.39, 0.29) is 17.8 Å². The Balaban J connectivity index is 2.55. The average Bonchev–Trinajstić information content (AvgIpc) is 2.46. The predicted octanol–water partition coefficient (Wildman–Crippen LogP) is 2.19. The lowest BCUT2D eigenvalue weighted by molar-refractivity contribution is -0.143. The van der Waals surface area contributed by atoms with E-state index in [2.05, 4.69) is 5.32 Å². The Morgan fingerprint density at radius 1 is 1.50 bits per heavy atom. The molecular formula is C15H23FN2O2.